The lowest BCUT2D eigenvalue weighted by Gasteiger charge is -2.36. The van der Waals surface area contributed by atoms with E-state index < -0.39 is 0 Å². The smallest absolute Gasteiger partial charge is 0.214 e. The van der Waals surface area contributed by atoms with Crippen LogP contribution < -0.4 is 14.5 Å². The fourth-order valence-electron chi connectivity index (χ4n) is 5.32. The predicted octanol–water partition coefficient (Wildman–Crippen LogP) is 0.0736. The molecular weight excluding hydrogens is 388 g/mol. The molecule has 0 aliphatic carbocycles. The number of nitrogens with zero attached hydrogens (tertiary/aromatic N) is 4. The lowest BCUT2D eigenvalue weighted by molar-refractivity contribution is -1.03. The van der Waals surface area contributed by atoms with Gasteiger partial charge in [-0.25, -0.2) is 4.68 Å². The minimum atomic E-state index is 0.149. The Kier molecular flexibility index (Phi) is 5.70. The first kappa shape index (κ1) is 20.2. The van der Waals surface area contributed by atoms with Gasteiger partial charge in [0.15, 0.2) is 6.04 Å². The Hall–Kier alpha value is -2.77. The highest BCUT2D eigenvalue weighted by Gasteiger charge is 2.42. The average molecular weight is 421 g/mol. The molecule has 0 radical (unpaired) electrons. The quantitative estimate of drug-likeness (QED) is 0.593. The van der Waals surface area contributed by atoms with Crippen LogP contribution in [-0.2, 0) is 6.54 Å². The van der Waals surface area contributed by atoms with Crippen molar-refractivity contribution in [3.63, 3.8) is 0 Å². The van der Waals surface area contributed by atoms with Crippen LogP contribution in [0.4, 0.5) is 0 Å². The van der Waals surface area contributed by atoms with E-state index in [0.29, 0.717) is 6.54 Å². The molecule has 1 aromatic heterocycles. The summed E-state index contributed by atoms with van der Waals surface area (Å²) in [4.78, 5) is 3.38. The Balaban J connectivity index is 1.46. The first-order chi connectivity index (χ1) is 15.2. The molecule has 7 nitrogen and oxygen atoms in total. The summed E-state index contributed by atoms with van der Waals surface area (Å²) in [5.74, 6) is 1.82. The number of nitrogens with one attached hydrogen (secondary N) is 2. The highest BCUT2D eigenvalue weighted by Crippen LogP contribution is 2.20. The number of rotatable bonds is 6. The molecule has 4 atom stereocenters. The summed E-state index contributed by atoms with van der Waals surface area (Å²) in [6, 6.07) is 18.0. The number of tetrazole rings is 1. The maximum absolute atomic E-state index is 5.30. The van der Waals surface area contributed by atoms with Crippen molar-refractivity contribution in [2.24, 2.45) is 0 Å². The normalized spacial score (nSPS) is 24.0. The Labute approximate surface area is 183 Å². The summed E-state index contributed by atoms with van der Waals surface area (Å²) < 4.78 is 7.27. The third-order valence-corrected chi connectivity index (χ3v) is 7.03. The fraction of sp³-hybridized carbons (Fsp3) is 0.458. The van der Waals surface area contributed by atoms with Gasteiger partial charge in [0, 0.05) is 18.4 Å². The molecule has 2 saturated heterocycles. The molecule has 162 valence electrons. The molecule has 2 fully saturated rings. The lowest BCUT2D eigenvalue weighted by Crippen LogP contribution is -3.29. The topological polar surface area (TPSA) is 61.7 Å². The highest BCUT2D eigenvalue weighted by molar-refractivity contribution is 5.29. The number of aryl methyl sites for hydroxylation is 1. The minimum Gasteiger partial charge on any atom is -0.497 e. The summed E-state index contributed by atoms with van der Waals surface area (Å²) in [5, 5.41) is 13.0. The van der Waals surface area contributed by atoms with Gasteiger partial charge in [-0.05, 0) is 35.0 Å². The van der Waals surface area contributed by atoms with Crippen molar-refractivity contribution in [3.8, 4) is 5.75 Å². The Morgan fingerprint density at radius 3 is 2.65 bits per heavy atom. The summed E-state index contributed by atoms with van der Waals surface area (Å²) in [6.45, 7) is 7.70. The van der Waals surface area contributed by atoms with Crippen LogP contribution in [0.1, 0.15) is 41.4 Å². The highest BCUT2D eigenvalue weighted by atomic mass is 16.5. The van der Waals surface area contributed by atoms with Gasteiger partial charge in [0.25, 0.3) is 0 Å². The molecule has 2 aliphatic heterocycles. The van der Waals surface area contributed by atoms with Gasteiger partial charge in [0.2, 0.25) is 5.82 Å². The number of aromatic nitrogens is 4. The third-order valence-electron chi connectivity index (χ3n) is 7.03. The van der Waals surface area contributed by atoms with Crippen LogP contribution in [0.15, 0.2) is 48.5 Å². The molecule has 2 aliphatic rings. The number of benzene rings is 2. The molecule has 5 rings (SSSR count). The van der Waals surface area contributed by atoms with Crippen LogP contribution in [0, 0.1) is 6.92 Å². The zero-order chi connectivity index (χ0) is 21.2. The number of fused-ring (bicyclic) bond motifs is 1. The van der Waals surface area contributed by atoms with Gasteiger partial charge in [-0.3, -0.25) is 0 Å². The van der Waals surface area contributed by atoms with E-state index >= 15 is 0 Å². The molecule has 0 amide bonds. The molecule has 0 bridgehead atoms. The summed E-state index contributed by atoms with van der Waals surface area (Å²) in [7, 11) is 1.69. The van der Waals surface area contributed by atoms with Crippen LogP contribution in [0.2, 0.25) is 0 Å². The SMILES string of the molecule is COc1ccc(Cn2nnnc2[C@@H](c2ccc(C)cc2)[NH+]2CC[NH+]3CCC[C@@H]3C2)cc1. The largest absolute Gasteiger partial charge is 0.497 e. The van der Waals surface area contributed by atoms with Crippen molar-refractivity contribution in [1.82, 2.24) is 20.2 Å². The van der Waals surface area contributed by atoms with E-state index in [4.69, 9.17) is 4.74 Å². The van der Waals surface area contributed by atoms with E-state index in [1.165, 1.54) is 43.6 Å². The molecule has 7 heteroatoms. The average Bonchev–Trinajstić information content (AvgIpc) is 3.45. The number of hydrogen-bond donors (Lipinski definition) is 2. The molecule has 31 heavy (non-hydrogen) atoms. The van der Waals surface area contributed by atoms with Gasteiger partial charge in [0.1, 0.15) is 31.4 Å². The monoisotopic (exact) mass is 420 g/mol. The second-order valence-corrected chi connectivity index (χ2v) is 9.00. The standard InChI is InChI=1S/C24H30N6O/c1-18-5-9-20(10-6-18)23(29-15-14-28-13-3-4-21(28)17-29)24-25-26-27-30(24)16-19-7-11-22(31-2)12-8-19/h5-12,21,23H,3-4,13-17H2,1-2H3/p+2/t21-,23-/m1/s1. The van der Waals surface area contributed by atoms with Crippen LogP contribution in [-0.4, -0.2) is 59.5 Å². The molecular formula is C24H32N6O+2. The lowest BCUT2D eigenvalue weighted by atomic mass is 10.0. The molecule has 3 heterocycles. The maximum atomic E-state index is 5.30. The van der Waals surface area contributed by atoms with Crippen LogP contribution in [0.3, 0.4) is 0 Å². The van der Waals surface area contributed by atoms with Crippen molar-refractivity contribution < 1.29 is 14.5 Å². The maximum Gasteiger partial charge on any atom is 0.214 e. The number of ether oxygens (including phenoxy) is 1. The van der Waals surface area contributed by atoms with E-state index in [1.807, 2.05) is 16.8 Å². The van der Waals surface area contributed by atoms with Crippen molar-refractivity contribution >= 4 is 0 Å². The fourth-order valence-corrected chi connectivity index (χ4v) is 5.32. The Bertz CT molecular complexity index is 1000. The van der Waals surface area contributed by atoms with E-state index in [2.05, 4.69) is 58.8 Å². The molecule has 2 N–H and O–H groups in total. The number of hydrogen-bond acceptors (Lipinski definition) is 4. The molecule has 0 spiro atoms. The predicted molar refractivity (Wildman–Crippen MR) is 117 cm³/mol. The van der Waals surface area contributed by atoms with E-state index in [1.54, 1.807) is 16.9 Å². The Morgan fingerprint density at radius 1 is 1.06 bits per heavy atom. The Morgan fingerprint density at radius 2 is 1.87 bits per heavy atom. The van der Waals surface area contributed by atoms with Crippen molar-refractivity contribution in [1.29, 1.82) is 0 Å². The van der Waals surface area contributed by atoms with Crippen LogP contribution in [0.25, 0.3) is 0 Å². The molecule has 0 saturated carbocycles. The first-order valence-electron chi connectivity index (χ1n) is 11.4. The second-order valence-electron chi connectivity index (χ2n) is 9.00. The van der Waals surface area contributed by atoms with Gasteiger partial charge in [0.05, 0.1) is 20.2 Å². The molecule has 2 unspecified atom stereocenters. The zero-order valence-electron chi connectivity index (χ0n) is 18.4. The van der Waals surface area contributed by atoms with Gasteiger partial charge in [-0.1, -0.05) is 42.0 Å². The van der Waals surface area contributed by atoms with Crippen molar-refractivity contribution in [3.05, 3.63) is 71.0 Å². The van der Waals surface area contributed by atoms with Gasteiger partial charge < -0.3 is 14.5 Å². The minimum absolute atomic E-state index is 0.149. The van der Waals surface area contributed by atoms with Gasteiger partial charge >= 0.3 is 0 Å². The first-order valence-corrected chi connectivity index (χ1v) is 11.4. The van der Waals surface area contributed by atoms with E-state index in [-0.39, 0.29) is 6.04 Å². The molecule has 2 aromatic carbocycles. The number of piperazine rings is 1. The van der Waals surface area contributed by atoms with Gasteiger partial charge in [-0.2, -0.15) is 0 Å². The number of quaternary nitrogens is 2. The summed E-state index contributed by atoms with van der Waals surface area (Å²) >= 11 is 0. The zero-order valence-corrected chi connectivity index (χ0v) is 18.4. The number of methoxy groups -OCH3 is 1. The van der Waals surface area contributed by atoms with E-state index in [0.717, 1.165) is 29.7 Å². The van der Waals surface area contributed by atoms with Crippen molar-refractivity contribution in [2.75, 3.05) is 33.3 Å². The van der Waals surface area contributed by atoms with Crippen LogP contribution >= 0.6 is 0 Å². The second kappa shape index (κ2) is 8.77. The van der Waals surface area contributed by atoms with Gasteiger partial charge in [-0.15, -0.1) is 5.10 Å². The molecule has 3 aromatic rings. The summed E-state index contributed by atoms with van der Waals surface area (Å²) in [6.07, 6.45) is 2.70. The van der Waals surface area contributed by atoms with Crippen molar-refractivity contribution in [2.45, 2.75) is 38.4 Å². The third kappa shape index (κ3) is 4.20. The van der Waals surface area contributed by atoms with E-state index in [9.17, 15) is 0 Å². The summed E-state index contributed by atoms with van der Waals surface area (Å²) in [5.41, 5.74) is 3.74. The van der Waals surface area contributed by atoms with Crippen LogP contribution in [0.5, 0.6) is 5.75 Å².